The number of rotatable bonds is 6. The Hall–Kier alpha value is -0.780. The van der Waals surface area contributed by atoms with Gasteiger partial charge in [-0.1, -0.05) is 0 Å². The SMILES string of the molecule is CN=C(NCCC1CCN(CC(F)(F)F)CC1)N1CCC(CC(=O)NC)CC1.I. The van der Waals surface area contributed by atoms with Crippen LogP contribution in [0, 0.1) is 11.8 Å². The first-order valence-corrected chi connectivity index (χ1v) is 10.3. The summed E-state index contributed by atoms with van der Waals surface area (Å²) in [7, 11) is 3.44. The van der Waals surface area contributed by atoms with Gasteiger partial charge in [-0.2, -0.15) is 13.2 Å². The van der Waals surface area contributed by atoms with Crippen LogP contribution in [0.5, 0.6) is 0 Å². The number of carbonyl (C=O) groups is 1. The number of likely N-dealkylation sites (tertiary alicyclic amines) is 2. The van der Waals surface area contributed by atoms with Gasteiger partial charge in [0.1, 0.15) is 0 Å². The Kier molecular flexibility index (Phi) is 11.6. The Morgan fingerprint density at radius 3 is 2.17 bits per heavy atom. The highest BCUT2D eigenvalue weighted by molar-refractivity contribution is 14.0. The van der Waals surface area contributed by atoms with E-state index in [1.54, 1.807) is 14.1 Å². The third-order valence-electron chi connectivity index (χ3n) is 5.82. The van der Waals surface area contributed by atoms with E-state index >= 15 is 0 Å². The van der Waals surface area contributed by atoms with Crippen LogP contribution in [0.1, 0.15) is 38.5 Å². The average molecular weight is 533 g/mol. The molecule has 2 heterocycles. The van der Waals surface area contributed by atoms with Gasteiger partial charge in [-0.15, -0.1) is 24.0 Å². The summed E-state index contributed by atoms with van der Waals surface area (Å²) in [5.74, 6) is 1.87. The zero-order valence-electron chi connectivity index (χ0n) is 17.4. The number of alkyl halides is 3. The summed E-state index contributed by atoms with van der Waals surface area (Å²) < 4.78 is 37.4. The lowest BCUT2D eigenvalue weighted by atomic mass is 9.93. The first-order valence-electron chi connectivity index (χ1n) is 10.3. The minimum atomic E-state index is -4.10. The van der Waals surface area contributed by atoms with Crippen molar-refractivity contribution in [2.75, 3.05) is 53.4 Å². The van der Waals surface area contributed by atoms with Gasteiger partial charge in [0.2, 0.25) is 5.91 Å². The van der Waals surface area contributed by atoms with E-state index in [0.717, 1.165) is 57.7 Å². The topological polar surface area (TPSA) is 60.0 Å². The van der Waals surface area contributed by atoms with Gasteiger partial charge in [0.25, 0.3) is 0 Å². The van der Waals surface area contributed by atoms with Crippen molar-refractivity contribution in [1.29, 1.82) is 0 Å². The molecule has 2 saturated heterocycles. The number of hydrogen-bond donors (Lipinski definition) is 2. The molecule has 0 saturated carbocycles. The Bertz CT molecular complexity index is 516. The van der Waals surface area contributed by atoms with E-state index in [2.05, 4.69) is 20.5 Å². The van der Waals surface area contributed by atoms with E-state index in [1.807, 2.05) is 0 Å². The molecule has 0 spiro atoms. The minimum Gasteiger partial charge on any atom is -0.359 e. The molecule has 0 atom stereocenters. The number of nitrogens with zero attached hydrogens (tertiary/aromatic N) is 3. The van der Waals surface area contributed by atoms with E-state index in [9.17, 15) is 18.0 Å². The third-order valence-corrected chi connectivity index (χ3v) is 5.82. The van der Waals surface area contributed by atoms with Gasteiger partial charge < -0.3 is 15.5 Å². The Balaban J connectivity index is 0.00000420. The number of aliphatic imine (C=N–C) groups is 1. The van der Waals surface area contributed by atoms with Crippen LogP contribution in [-0.4, -0.2) is 81.2 Å². The van der Waals surface area contributed by atoms with E-state index in [4.69, 9.17) is 0 Å². The average Bonchev–Trinajstić information content (AvgIpc) is 2.66. The summed E-state index contributed by atoms with van der Waals surface area (Å²) in [5.41, 5.74) is 0. The van der Waals surface area contributed by atoms with Gasteiger partial charge in [-0.25, -0.2) is 0 Å². The lowest BCUT2D eigenvalue weighted by Crippen LogP contribution is -2.46. The predicted molar refractivity (Wildman–Crippen MR) is 120 cm³/mol. The molecule has 6 nitrogen and oxygen atoms in total. The van der Waals surface area contributed by atoms with Crippen molar-refractivity contribution in [2.45, 2.75) is 44.7 Å². The molecule has 0 radical (unpaired) electrons. The molecule has 0 bridgehead atoms. The summed E-state index contributed by atoms with van der Waals surface area (Å²) in [4.78, 5) is 19.6. The first-order chi connectivity index (χ1) is 13.3. The maximum Gasteiger partial charge on any atom is 0.401 e. The molecule has 0 aromatic rings. The molecule has 170 valence electrons. The lowest BCUT2D eigenvalue weighted by Gasteiger charge is -2.35. The van der Waals surface area contributed by atoms with Crippen LogP contribution in [0.2, 0.25) is 0 Å². The van der Waals surface area contributed by atoms with Crippen molar-refractivity contribution >= 4 is 35.8 Å². The summed E-state index contributed by atoms with van der Waals surface area (Å²) in [5, 5.41) is 6.09. The molecule has 2 aliphatic heterocycles. The zero-order valence-corrected chi connectivity index (χ0v) is 19.8. The molecule has 10 heteroatoms. The maximum absolute atomic E-state index is 12.5. The van der Waals surface area contributed by atoms with Gasteiger partial charge >= 0.3 is 6.18 Å². The lowest BCUT2D eigenvalue weighted by molar-refractivity contribution is -0.148. The smallest absolute Gasteiger partial charge is 0.359 e. The predicted octanol–water partition coefficient (Wildman–Crippen LogP) is 2.69. The van der Waals surface area contributed by atoms with E-state index in [-0.39, 0.29) is 29.9 Å². The Morgan fingerprint density at radius 1 is 1.07 bits per heavy atom. The van der Waals surface area contributed by atoms with Crippen LogP contribution in [0.3, 0.4) is 0 Å². The quantitative estimate of drug-likeness (QED) is 0.313. The molecule has 0 aromatic carbocycles. The second-order valence-electron chi connectivity index (χ2n) is 7.91. The molecule has 2 rings (SSSR count). The number of guanidine groups is 1. The fraction of sp³-hybridized carbons (Fsp3) is 0.895. The van der Waals surface area contributed by atoms with Crippen LogP contribution < -0.4 is 10.6 Å². The summed E-state index contributed by atoms with van der Waals surface area (Å²) in [6, 6.07) is 0. The van der Waals surface area contributed by atoms with Crippen molar-refractivity contribution < 1.29 is 18.0 Å². The molecule has 2 fully saturated rings. The molecular weight excluding hydrogens is 498 g/mol. The first kappa shape index (κ1) is 26.3. The van der Waals surface area contributed by atoms with Crippen LogP contribution in [0.4, 0.5) is 13.2 Å². The second-order valence-corrected chi connectivity index (χ2v) is 7.91. The molecule has 0 unspecified atom stereocenters. The number of halogens is 4. The number of nitrogens with one attached hydrogen (secondary N) is 2. The fourth-order valence-corrected chi connectivity index (χ4v) is 4.12. The molecule has 29 heavy (non-hydrogen) atoms. The standard InChI is InChI=1S/C19H34F3N5O.HI/c1-23-17(28)13-16-6-11-27(12-7-16)18(24-2)25-8-3-15-4-9-26(10-5-15)14-19(20,21)22;/h15-16H,3-14H2,1-2H3,(H,23,28)(H,24,25);1H. The van der Waals surface area contributed by atoms with E-state index in [0.29, 0.717) is 31.3 Å². The van der Waals surface area contributed by atoms with Gasteiger partial charge in [-0.3, -0.25) is 14.7 Å². The number of hydrogen-bond acceptors (Lipinski definition) is 3. The van der Waals surface area contributed by atoms with Crippen molar-refractivity contribution in [1.82, 2.24) is 20.4 Å². The van der Waals surface area contributed by atoms with Gasteiger partial charge in [0, 0.05) is 40.2 Å². The van der Waals surface area contributed by atoms with E-state index < -0.39 is 12.7 Å². The van der Waals surface area contributed by atoms with Gasteiger partial charge in [0.15, 0.2) is 5.96 Å². The van der Waals surface area contributed by atoms with Crippen molar-refractivity contribution in [2.24, 2.45) is 16.8 Å². The summed E-state index contributed by atoms with van der Waals surface area (Å²) in [6.07, 6.45) is 1.03. The normalized spacial score (nSPS) is 20.3. The monoisotopic (exact) mass is 533 g/mol. The number of piperidine rings is 2. The van der Waals surface area contributed by atoms with Crippen molar-refractivity contribution in [3.63, 3.8) is 0 Å². The zero-order chi connectivity index (χ0) is 20.6. The van der Waals surface area contributed by atoms with Gasteiger partial charge in [0.05, 0.1) is 6.54 Å². The highest BCUT2D eigenvalue weighted by Crippen LogP contribution is 2.24. The molecule has 1 amide bonds. The molecular formula is C19H35F3IN5O. The van der Waals surface area contributed by atoms with Crippen molar-refractivity contribution in [3.05, 3.63) is 0 Å². The van der Waals surface area contributed by atoms with Crippen LogP contribution in [0.15, 0.2) is 4.99 Å². The molecule has 0 aliphatic carbocycles. The van der Waals surface area contributed by atoms with E-state index in [1.165, 1.54) is 4.90 Å². The summed E-state index contributed by atoms with van der Waals surface area (Å²) in [6.45, 7) is 2.82. The van der Waals surface area contributed by atoms with Crippen molar-refractivity contribution in [3.8, 4) is 0 Å². The maximum atomic E-state index is 12.5. The Morgan fingerprint density at radius 2 is 1.66 bits per heavy atom. The second kappa shape index (κ2) is 12.8. The van der Waals surface area contributed by atoms with Gasteiger partial charge in [-0.05, 0) is 57.0 Å². The molecule has 2 N–H and O–H groups in total. The van der Waals surface area contributed by atoms with Crippen LogP contribution in [-0.2, 0) is 4.79 Å². The Labute approximate surface area is 189 Å². The van der Waals surface area contributed by atoms with Crippen LogP contribution in [0.25, 0.3) is 0 Å². The number of carbonyl (C=O) groups excluding carboxylic acids is 1. The third kappa shape index (κ3) is 9.71. The minimum absolute atomic E-state index is 0. The fourth-order valence-electron chi connectivity index (χ4n) is 4.12. The highest BCUT2D eigenvalue weighted by atomic mass is 127. The molecule has 2 aliphatic rings. The molecule has 0 aromatic heterocycles. The summed E-state index contributed by atoms with van der Waals surface area (Å²) >= 11 is 0. The van der Waals surface area contributed by atoms with Crippen LogP contribution >= 0.6 is 24.0 Å². The largest absolute Gasteiger partial charge is 0.401 e. The highest BCUT2D eigenvalue weighted by Gasteiger charge is 2.32. The number of amides is 1.